The Morgan fingerprint density at radius 2 is 2.00 bits per heavy atom. The topological polar surface area (TPSA) is 20.2 Å². The summed E-state index contributed by atoms with van der Waals surface area (Å²) in [6.45, 7) is 5.24. The summed E-state index contributed by atoms with van der Waals surface area (Å²) in [5, 5.41) is 10.1. The van der Waals surface area contributed by atoms with Gasteiger partial charge in [-0.05, 0) is 44.5 Å². The minimum Gasteiger partial charge on any atom is -0.378 e. The van der Waals surface area contributed by atoms with Crippen LogP contribution in [0.3, 0.4) is 0 Å². The zero-order valence-corrected chi connectivity index (χ0v) is 9.31. The van der Waals surface area contributed by atoms with Crippen molar-refractivity contribution in [1.82, 2.24) is 0 Å². The van der Waals surface area contributed by atoms with Gasteiger partial charge in [-0.25, -0.2) is 0 Å². The van der Waals surface area contributed by atoms with Crippen LogP contribution in [-0.4, -0.2) is 10.7 Å². The molecule has 0 spiro atoms. The van der Waals surface area contributed by atoms with Gasteiger partial charge in [0, 0.05) is 10.6 Å². The van der Waals surface area contributed by atoms with Gasteiger partial charge in [0.1, 0.15) is 5.60 Å². The van der Waals surface area contributed by atoms with Gasteiger partial charge < -0.3 is 5.11 Å². The molecule has 0 aromatic heterocycles. The van der Waals surface area contributed by atoms with Gasteiger partial charge >= 0.3 is 0 Å². The van der Waals surface area contributed by atoms with E-state index >= 15 is 0 Å². The smallest absolute Gasteiger partial charge is 0.120 e. The van der Waals surface area contributed by atoms with Gasteiger partial charge in [0.25, 0.3) is 0 Å². The molecule has 1 aromatic carbocycles. The highest BCUT2D eigenvalue weighted by Gasteiger charge is 2.05. The molecule has 0 saturated carbocycles. The first-order valence-corrected chi connectivity index (χ1v) is 4.78. The second kappa shape index (κ2) is 4.04. The summed E-state index contributed by atoms with van der Waals surface area (Å²) < 4.78 is 0. The van der Waals surface area contributed by atoms with E-state index in [0.29, 0.717) is 0 Å². The van der Waals surface area contributed by atoms with Gasteiger partial charge in [0.15, 0.2) is 0 Å². The van der Waals surface area contributed by atoms with E-state index in [0.717, 1.165) is 16.1 Å². The van der Waals surface area contributed by atoms with Gasteiger partial charge in [-0.2, -0.15) is 0 Å². The molecule has 1 aromatic rings. The average molecular weight is 209 g/mol. The van der Waals surface area contributed by atoms with E-state index in [4.69, 9.17) is 11.6 Å². The van der Waals surface area contributed by atoms with Crippen LogP contribution in [0.4, 0.5) is 0 Å². The van der Waals surface area contributed by atoms with Crippen molar-refractivity contribution in [3.8, 4) is 11.8 Å². The summed E-state index contributed by atoms with van der Waals surface area (Å²) in [7, 11) is 0. The van der Waals surface area contributed by atoms with Crippen molar-refractivity contribution >= 4 is 11.6 Å². The third-order valence-corrected chi connectivity index (χ3v) is 2.09. The maximum atomic E-state index is 9.40. The molecule has 14 heavy (non-hydrogen) atoms. The van der Waals surface area contributed by atoms with Crippen molar-refractivity contribution in [3.63, 3.8) is 0 Å². The van der Waals surface area contributed by atoms with Crippen LogP contribution in [0.15, 0.2) is 18.2 Å². The van der Waals surface area contributed by atoms with Crippen LogP contribution in [0, 0.1) is 18.8 Å². The molecular formula is C12H13ClO. The highest BCUT2D eigenvalue weighted by Crippen LogP contribution is 2.15. The first-order chi connectivity index (χ1) is 6.38. The van der Waals surface area contributed by atoms with E-state index in [2.05, 4.69) is 11.8 Å². The summed E-state index contributed by atoms with van der Waals surface area (Å²) >= 11 is 5.87. The predicted molar refractivity (Wildman–Crippen MR) is 59.4 cm³/mol. The lowest BCUT2D eigenvalue weighted by Crippen LogP contribution is -2.14. The summed E-state index contributed by atoms with van der Waals surface area (Å²) in [5.74, 6) is 5.64. The molecule has 0 unspecified atom stereocenters. The third-order valence-electron chi connectivity index (χ3n) is 1.67. The maximum absolute atomic E-state index is 9.40. The van der Waals surface area contributed by atoms with Crippen molar-refractivity contribution < 1.29 is 5.11 Å². The van der Waals surface area contributed by atoms with E-state index in [1.165, 1.54) is 0 Å². The number of aryl methyl sites for hydroxylation is 1. The van der Waals surface area contributed by atoms with E-state index in [1.54, 1.807) is 13.8 Å². The van der Waals surface area contributed by atoms with Crippen LogP contribution in [-0.2, 0) is 0 Å². The maximum Gasteiger partial charge on any atom is 0.120 e. The van der Waals surface area contributed by atoms with Crippen LogP contribution < -0.4 is 0 Å². The minimum absolute atomic E-state index is 0.735. The summed E-state index contributed by atoms with van der Waals surface area (Å²) in [4.78, 5) is 0. The number of rotatable bonds is 0. The van der Waals surface area contributed by atoms with E-state index < -0.39 is 5.60 Å². The Bertz CT molecular complexity index is 391. The quantitative estimate of drug-likeness (QED) is 0.650. The number of benzene rings is 1. The van der Waals surface area contributed by atoms with Crippen molar-refractivity contribution in [2.24, 2.45) is 0 Å². The molecule has 74 valence electrons. The molecule has 0 fully saturated rings. The molecule has 0 aliphatic rings. The molecule has 0 heterocycles. The molecule has 0 saturated heterocycles. The van der Waals surface area contributed by atoms with Crippen molar-refractivity contribution in [1.29, 1.82) is 0 Å². The molecule has 0 radical (unpaired) electrons. The largest absolute Gasteiger partial charge is 0.378 e. The molecule has 0 aliphatic carbocycles. The Balaban J connectivity index is 2.98. The lowest BCUT2D eigenvalue weighted by Gasteiger charge is -2.06. The Kier molecular flexibility index (Phi) is 3.21. The Hall–Kier alpha value is -0.970. The van der Waals surface area contributed by atoms with E-state index in [1.807, 2.05) is 25.1 Å². The molecule has 1 nitrogen and oxygen atoms in total. The predicted octanol–water partition coefficient (Wildman–Crippen LogP) is 2.77. The van der Waals surface area contributed by atoms with Gasteiger partial charge in [-0.15, -0.1) is 0 Å². The first-order valence-electron chi connectivity index (χ1n) is 4.40. The standard InChI is InChI=1S/C12H13ClO/c1-9-8-10(4-5-11(9)13)6-7-12(2,3)14/h4-5,8,14H,1-3H3. The van der Waals surface area contributed by atoms with Crippen LogP contribution in [0.2, 0.25) is 5.02 Å². The number of hydrogen-bond donors (Lipinski definition) is 1. The molecular weight excluding hydrogens is 196 g/mol. The van der Waals surface area contributed by atoms with Crippen LogP contribution in [0.25, 0.3) is 0 Å². The summed E-state index contributed by atoms with van der Waals surface area (Å²) in [6.07, 6.45) is 0. The Morgan fingerprint density at radius 1 is 1.36 bits per heavy atom. The molecule has 0 aliphatic heterocycles. The molecule has 1 rings (SSSR count). The second-order valence-corrected chi connectivity index (χ2v) is 4.18. The van der Waals surface area contributed by atoms with E-state index in [-0.39, 0.29) is 0 Å². The fourth-order valence-corrected chi connectivity index (χ4v) is 1.07. The Labute approximate surface area is 89.7 Å². The molecule has 0 amide bonds. The number of hydrogen-bond acceptors (Lipinski definition) is 1. The zero-order valence-electron chi connectivity index (χ0n) is 8.56. The SMILES string of the molecule is Cc1cc(C#CC(C)(C)O)ccc1Cl. The monoisotopic (exact) mass is 208 g/mol. The van der Waals surface area contributed by atoms with Crippen molar-refractivity contribution in [3.05, 3.63) is 34.3 Å². The highest BCUT2D eigenvalue weighted by molar-refractivity contribution is 6.31. The minimum atomic E-state index is -0.951. The van der Waals surface area contributed by atoms with Crippen LogP contribution in [0.5, 0.6) is 0 Å². The second-order valence-electron chi connectivity index (χ2n) is 3.77. The zero-order chi connectivity index (χ0) is 10.8. The fourth-order valence-electron chi connectivity index (χ4n) is 0.948. The first kappa shape index (κ1) is 11.1. The van der Waals surface area contributed by atoms with Crippen molar-refractivity contribution in [2.75, 3.05) is 0 Å². The lowest BCUT2D eigenvalue weighted by atomic mass is 10.1. The number of aliphatic hydroxyl groups is 1. The molecule has 2 heteroatoms. The van der Waals surface area contributed by atoms with Crippen LogP contribution in [0.1, 0.15) is 25.0 Å². The lowest BCUT2D eigenvalue weighted by molar-refractivity contribution is 0.143. The number of halogens is 1. The van der Waals surface area contributed by atoms with Crippen LogP contribution >= 0.6 is 11.6 Å². The van der Waals surface area contributed by atoms with Gasteiger partial charge in [0.2, 0.25) is 0 Å². The van der Waals surface area contributed by atoms with E-state index in [9.17, 15) is 5.11 Å². The fraction of sp³-hybridized carbons (Fsp3) is 0.333. The van der Waals surface area contributed by atoms with Crippen molar-refractivity contribution in [2.45, 2.75) is 26.4 Å². The highest BCUT2D eigenvalue weighted by atomic mass is 35.5. The molecule has 1 N–H and O–H groups in total. The van der Waals surface area contributed by atoms with Gasteiger partial charge in [-0.3, -0.25) is 0 Å². The molecule has 0 atom stereocenters. The summed E-state index contributed by atoms with van der Waals surface area (Å²) in [5.41, 5.74) is 0.913. The normalized spacial score (nSPS) is 10.6. The van der Waals surface area contributed by atoms with Gasteiger partial charge in [-0.1, -0.05) is 23.4 Å². The van der Waals surface area contributed by atoms with Gasteiger partial charge in [0.05, 0.1) is 0 Å². The summed E-state index contributed by atoms with van der Waals surface area (Å²) in [6, 6.07) is 5.56. The Morgan fingerprint density at radius 3 is 2.50 bits per heavy atom. The average Bonchev–Trinajstić information content (AvgIpc) is 2.06. The third kappa shape index (κ3) is 3.41. The molecule has 0 bridgehead atoms.